The van der Waals surface area contributed by atoms with Crippen molar-refractivity contribution in [2.75, 3.05) is 23.4 Å². The van der Waals surface area contributed by atoms with Gasteiger partial charge in [0.2, 0.25) is 11.8 Å². The summed E-state index contributed by atoms with van der Waals surface area (Å²) in [6.45, 7) is 5.96. The summed E-state index contributed by atoms with van der Waals surface area (Å²) in [5, 5.41) is 3.07. The molecule has 1 fully saturated rings. The number of esters is 1. The van der Waals surface area contributed by atoms with Crippen molar-refractivity contribution in [3.05, 3.63) is 40.4 Å². The number of hydrogen-bond donors (Lipinski definition) is 1. The van der Waals surface area contributed by atoms with Gasteiger partial charge in [-0.2, -0.15) is 0 Å². The molecule has 1 aromatic carbocycles. The SMILES string of the molecule is CCOC(=O)c1sc(NC(=O)[C@@H]2CC(=O)N(c3ccccc3C)C2)nc1C. The number of thiazole rings is 1. The molecule has 1 aliphatic rings. The van der Waals surface area contributed by atoms with Gasteiger partial charge in [-0.3, -0.25) is 9.59 Å². The summed E-state index contributed by atoms with van der Waals surface area (Å²) < 4.78 is 4.98. The molecule has 2 aromatic rings. The summed E-state index contributed by atoms with van der Waals surface area (Å²) in [6.07, 6.45) is 0.148. The van der Waals surface area contributed by atoms with Crippen molar-refractivity contribution in [1.82, 2.24) is 4.98 Å². The van der Waals surface area contributed by atoms with Gasteiger partial charge < -0.3 is 15.0 Å². The molecule has 3 rings (SSSR count). The molecule has 27 heavy (non-hydrogen) atoms. The predicted octanol–water partition coefficient (Wildman–Crippen LogP) is 2.93. The highest BCUT2D eigenvalue weighted by Gasteiger charge is 2.36. The summed E-state index contributed by atoms with van der Waals surface area (Å²) in [5.41, 5.74) is 2.33. The number of anilines is 2. The first-order valence-corrected chi connectivity index (χ1v) is 9.53. The van der Waals surface area contributed by atoms with Gasteiger partial charge in [-0.1, -0.05) is 29.5 Å². The Hall–Kier alpha value is -2.74. The molecule has 0 saturated carbocycles. The van der Waals surface area contributed by atoms with Gasteiger partial charge in [-0.25, -0.2) is 9.78 Å². The lowest BCUT2D eigenvalue weighted by molar-refractivity contribution is -0.122. The highest BCUT2D eigenvalue weighted by molar-refractivity contribution is 7.17. The number of nitrogens with one attached hydrogen (secondary N) is 1. The second-order valence-corrected chi connectivity index (χ2v) is 7.33. The number of hydrogen-bond acceptors (Lipinski definition) is 6. The number of benzene rings is 1. The third-order valence-electron chi connectivity index (χ3n) is 4.39. The van der Waals surface area contributed by atoms with Crippen molar-refractivity contribution in [3.8, 4) is 0 Å². The Morgan fingerprint density at radius 1 is 1.33 bits per heavy atom. The van der Waals surface area contributed by atoms with Gasteiger partial charge in [0.1, 0.15) is 4.88 Å². The van der Waals surface area contributed by atoms with E-state index in [9.17, 15) is 14.4 Å². The Morgan fingerprint density at radius 2 is 2.07 bits per heavy atom. The Kier molecular flexibility index (Phi) is 5.55. The van der Waals surface area contributed by atoms with Crippen molar-refractivity contribution in [2.24, 2.45) is 5.92 Å². The fourth-order valence-corrected chi connectivity index (χ4v) is 3.89. The van der Waals surface area contributed by atoms with Crippen LogP contribution < -0.4 is 10.2 Å². The number of aryl methyl sites for hydroxylation is 2. The van der Waals surface area contributed by atoms with Crippen LogP contribution in [0.1, 0.15) is 34.3 Å². The van der Waals surface area contributed by atoms with Crippen molar-refractivity contribution >= 4 is 39.9 Å². The van der Waals surface area contributed by atoms with Crippen LogP contribution in [-0.4, -0.2) is 35.9 Å². The first kappa shape index (κ1) is 19.0. The lowest BCUT2D eigenvalue weighted by atomic mass is 10.1. The Balaban J connectivity index is 1.69. The van der Waals surface area contributed by atoms with Crippen LogP contribution in [0.4, 0.5) is 10.8 Å². The first-order valence-electron chi connectivity index (χ1n) is 8.72. The molecule has 8 heteroatoms. The maximum Gasteiger partial charge on any atom is 0.350 e. The summed E-state index contributed by atoms with van der Waals surface area (Å²) in [6, 6.07) is 7.60. The molecule has 1 atom stereocenters. The summed E-state index contributed by atoms with van der Waals surface area (Å²) in [4.78, 5) is 43.1. The summed E-state index contributed by atoms with van der Waals surface area (Å²) >= 11 is 1.08. The minimum atomic E-state index is -0.465. The number of amides is 2. The minimum Gasteiger partial charge on any atom is -0.462 e. The van der Waals surface area contributed by atoms with Crippen molar-refractivity contribution in [1.29, 1.82) is 0 Å². The maximum atomic E-state index is 12.6. The minimum absolute atomic E-state index is 0.0769. The molecule has 2 heterocycles. The number of nitrogens with zero attached hydrogens (tertiary/aromatic N) is 2. The highest BCUT2D eigenvalue weighted by Crippen LogP contribution is 2.29. The van der Waals surface area contributed by atoms with E-state index < -0.39 is 11.9 Å². The van der Waals surface area contributed by atoms with Crippen LogP contribution in [0.15, 0.2) is 24.3 Å². The quantitative estimate of drug-likeness (QED) is 0.797. The number of carbonyl (C=O) groups is 3. The van der Waals surface area contributed by atoms with Crippen LogP contribution in [0.5, 0.6) is 0 Å². The van der Waals surface area contributed by atoms with Crippen LogP contribution in [0.3, 0.4) is 0 Å². The van der Waals surface area contributed by atoms with E-state index >= 15 is 0 Å². The van der Waals surface area contributed by atoms with Crippen LogP contribution in [-0.2, 0) is 14.3 Å². The van der Waals surface area contributed by atoms with E-state index in [1.165, 1.54) is 0 Å². The molecule has 0 spiro atoms. The summed E-state index contributed by atoms with van der Waals surface area (Å²) in [7, 11) is 0. The van der Waals surface area contributed by atoms with Gasteiger partial charge in [0.15, 0.2) is 5.13 Å². The molecule has 1 saturated heterocycles. The molecule has 7 nitrogen and oxygen atoms in total. The van der Waals surface area contributed by atoms with Gasteiger partial charge in [0, 0.05) is 18.7 Å². The van der Waals surface area contributed by atoms with E-state index in [1.807, 2.05) is 31.2 Å². The van der Waals surface area contributed by atoms with Crippen LogP contribution in [0.25, 0.3) is 0 Å². The molecule has 1 aliphatic heterocycles. The fourth-order valence-electron chi connectivity index (χ4n) is 3.03. The molecule has 1 N–H and O–H groups in total. The molecular weight excluding hydrogens is 366 g/mol. The van der Waals surface area contributed by atoms with E-state index in [0.29, 0.717) is 22.2 Å². The van der Waals surface area contributed by atoms with Gasteiger partial charge in [0.05, 0.1) is 18.2 Å². The standard InChI is InChI=1S/C19H21N3O4S/c1-4-26-18(25)16-12(3)20-19(27-16)21-17(24)13-9-15(23)22(10-13)14-8-6-5-7-11(14)2/h5-8,13H,4,9-10H2,1-3H3,(H,20,21,24)/t13-/m1/s1. The number of ether oxygens (including phenoxy) is 1. The van der Waals surface area contributed by atoms with E-state index in [2.05, 4.69) is 10.3 Å². The second kappa shape index (κ2) is 7.87. The van der Waals surface area contributed by atoms with Gasteiger partial charge in [-0.05, 0) is 32.4 Å². The van der Waals surface area contributed by atoms with E-state index in [-0.39, 0.29) is 24.8 Å². The number of para-hydroxylation sites is 1. The molecule has 0 radical (unpaired) electrons. The lowest BCUT2D eigenvalue weighted by Gasteiger charge is -2.18. The zero-order chi connectivity index (χ0) is 19.6. The van der Waals surface area contributed by atoms with Crippen LogP contribution in [0, 0.1) is 19.8 Å². The normalized spacial score (nSPS) is 16.5. The molecular formula is C19H21N3O4S. The molecule has 0 aliphatic carbocycles. The number of carbonyl (C=O) groups excluding carboxylic acids is 3. The Morgan fingerprint density at radius 3 is 2.78 bits per heavy atom. The zero-order valence-corrected chi connectivity index (χ0v) is 16.3. The number of aromatic nitrogens is 1. The molecule has 0 unspecified atom stereocenters. The first-order chi connectivity index (χ1) is 12.9. The predicted molar refractivity (Wildman–Crippen MR) is 103 cm³/mol. The summed E-state index contributed by atoms with van der Waals surface area (Å²) in [5.74, 6) is -1.27. The topological polar surface area (TPSA) is 88.6 Å². The smallest absolute Gasteiger partial charge is 0.350 e. The fraction of sp³-hybridized carbons (Fsp3) is 0.368. The zero-order valence-electron chi connectivity index (χ0n) is 15.4. The molecule has 2 amide bonds. The average molecular weight is 387 g/mol. The third kappa shape index (κ3) is 4.00. The lowest BCUT2D eigenvalue weighted by Crippen LogP contribution is -2.28. The monoisotopic (exact) mass is 387 g/mol. The van der Waals surface area contributed by atoms with Crippen molar-refractivity contribution in [3.63, 3.8) is 0 Å². The number of rotatable bonds is 5. The van der Waals surface area contributed by atoms with E-state index in [4.69, 9.17) is 4.74 Å². The third-order valence-corrected chi connectivity index (χ3v) is 5.44. The molecule has 1 aromatic heterocycles. The van der Waals surface area contributed by atoms with Crippen molar-refractivity contribution in [2.45, 2.75) is 27.2 Å². The van der Waals surface area contributed by atoms with Crippen LogP contribution >= 0.6 is 11.3 Å². The molecule has 142 valence electrons. The maximum absolute atomic E-state index is 12.6. The largest absolute Gasteiger partial charge is 0.462 e. The average Bonchev–Trinajstić information content (AvgIpc) is 3.18. The van der Waals surface area contributed by atoms with Gasteiger partial charge in [-0.15, -0.1) is 0 Å². The second-order valence-electron chi connectivity index (χ2n) is 6.34. The van der Waals surface area contributed by atoms with Gasteiger partial charge in [0.25, 0.3) is 0 Å². The van der Waals surface area contributed by atoms with E-state index in [1.54, 1.807) is 18.7 Å². The van der Waals surface area contributed by atoms with Gasteiger partial charge >= 0.3 is 5.97 Å². The van der Waals surface area contributed by atoms with Crippen molar-refractivity contribution < 1.29 is 19.1 Å². The van der Waals surface area contributed by atoms with Crippen LogP contribution in [0.2, 0.25) is 0 Å². The van der Waals surface area contributed by atoms with E-state index in [0.717, 1.165) is 22.6 Å². The Bertz CT molecular complexity index is 893. The highest BCUT2D eigenvalue weighted by atomic mass is 32.1. The Labute approximate surface area is 161 Å². The molecule has 0 bridgehead atoms.